The molecule has 138 valence electrons. The third-order valence-electron chi connectivity index (χ3n) is 4.10. The van der Waals surface area contributed by atoms with E-state index in [1.807, 2.05) is 5.32 Å². The summed E-state index contributed by atoms with van der Waals surface area (Å²) in [4.78, 5) is 24.2. The molecule has 2 amide bonds. The zero-order valence-corrected chi connectivity index (χ0v) is 15.3. The molecule has 0 unspecified atom stereocenters. The van der Waals surface area contributed by atoms with E-state index in [4.69, 9.17) is 10.5 Å². The Balaban J connectivity index is 2.90. The molecular weight excluding hydrogens is 336 g/mol. The summed E-state index contributed by atoms with van der Waals surface area (Å²) in [5, 5.41) is 11.0. The van der Waals surface area contributed by atoms with Gasteiger partial charge in [-0.1, -0.05) is 0 Å². The average molecular weight is 362 g/mol. The lowest BCUT2D eigenvalue weighted by Crippen LogP contribution is -2.53. The molecule has 0 bridgehead atoms. The fourth-order valence-electron chi connectivity index (χ4n) is 2.15. The molecule has 24 heavy (non-hydrogen) atoms. The number of nitrogens with two attached hydrogens (primary N) is 1. The smallest absolute Gasteiger partial charge is 0.252 e. The highest BCUT2D eigenvalue weighted by atomic mass is 32.2. The van der Waals surface area contributed by atoms with Gasteiger partial charge in [0, 0.05) is 25.0 Å². The number of sulfone groups is 1. The van der Waals surface area contributed by atoms with Gasteiger partial charge in [-0.05, 0) is 40.5 Å². The van der Waals surface area contributed by atoms with Crippen LogP contribution in [0.4, 0.5) is 0 Å². The number of hydrogen-bond acceptors (Lipinski definition) is 7. The van der Waals surface area contributed by atoms with Gasteiger partial charge < -0.3 is 15.6 Å². The Kier molecular flexibility index (Phi) is 6.18. The second-order valence-electron chi connectivity index (χ2n) is 6.84. The first-order chi connectivity index (χ1) is 10.8. The van der Waals surface area contributed by atoms with Crippen molar-refractivity contribution in [2.75, 3.05) is 13.2 Å². The molecule has 1 aliphatic heterocycles. The normalized spacial score (nSPS) is 18.3. The fourth-order valence-corrected chi connectivity index (χ4v) is 4.10. The van der Waals surface area contributed by atoms with Crippen LogP contribution in [-0.4, -0.2) is 54.2 Å². The molecule has 1 saturated heterocycles. The molecule has 0 radical (unpaired) electrons. The zero-order chi connectivity index (χ0) is 18.8. The van der Waals surface area contributed by atoms with Crippen LogP contribution in [0, 0.1) is 0 Å². The molecule has 0 atom stereocenters. The van der Waals surface area contributed by atoms with Gasteiger partial charge in [-0.2, -0.15) is 0 Å². The van der Waals surface area contributed by atoms with Crippen LogP contribution in [0.5, 0.6) is 0 Å². The number of ether oxygens (including phenoxy) is 1. The van der Waals surface area contributed by atoms with Crippen molar-refractivity contribution in [1.29, 1.82) is 0 Å². The van der Waals surface area contributed by atoms with Crippen molar-refractivity contribution in [2.45, 2.75) is 56.1 Å². The molecule has 0 aliphatic carbocycles. The summed E-state index contributed by atoms with van der Waals surface area (Å²) >= 11 is 0. The summed E-state index contributed by atoms with van der Waals surface area (Å²) in [6, 6.07) is 0. The average Bonchev–Trinajstić information content (AvgIpc) is 2.46. The maximum atomic E-state index is 12.7. The van der Waals surface area contributed by atoms with E-state index in [9.17, 15) is 23.1 Å². The van der Waals surface area contributed by atoms with Crippen molar-refractivity contribution in [2.24, 2.45) is 5.73 Å². The molecule has 0 aromatic rings. The van der Waals surface area contributed by atoms with Gasteiger partial charge in [-0.25, -0.2) is 8.42 Å². The molecule has 4 N–H and O–H groups in total. The van der Waals surface area contributed by atoms with Crippen molar-refractivity contribution in [1.82, 2.24) is 5.32 Å². The van der Waals surface area contributed by atoms with E-state index in [1.54, 1.807) is 0 Å². The summed E-state index contributed by atoms with van der Waals surface area (Å²) < 4.78 is 28.8. The van der Waals surface area contributed by atoms with E-state index in [1.165, 1.54) is 27.7 Å². The topological polar surface area (TPSA) is 136 Å². The minimum Gasteiger partial charge on any atom is -0.400 e. The lowest BCUT2D eigenvalue weighted by atomic mass is 10.1. The third kappa shape index (κ3) is 4.55. The summed E-state index contributed by atoms with van der Waals surface area (Å²) in [5.74, 6) is -1.81. The molecule has 0 spiro atoms. The maximum Gasteiger partial charge on any atom is 0.252 e. The van der Waals surface area contributed by atoms with Crippen LogP contribution < -0.4 is 11.1 Å². The van der Waals surface area contributed by atoms with Crippen LogP contribution in [0.15, 0.2) is 11.8 Å². The Hall–Kier alpha value is -1.45. The Morgan fingerprint density at radius 3 is 2.17 bits per heavy atom. The Morgan fingerprint density at radius 2 is 1.71 bits per heavy atom. The van der Waals surface area contributed by atoms with E-state index in [0.717, 1.165) is 6.08 Å². The van der Waals surface area contributed by atoms with Crippen LogP contribution in [0.25, 0.3) is 0 Å². The molecule has 0 aromatic carbocycles. The number of imide groups is 1. The first-order valence-corrected chi connectivity index (χ1v) is 9.21. The number of nitrogens with one attached hydrogen (secondary N) is 1. The van der Waals surface area contributed by atoms with Crippen molar-refractivity contribution in [3.63, 3.8) is 0 Å². The van der Waals surface area contributed by atoms with Crippen molar-refractivity contribution >= 4 is 21.7 Å². The first-order valence-electron chi connectivity index (χ1n) is 7.66. The minimum absolute atomic E-state index is 0.141. The maximum absolute atomic E-state index is 12.7. The second-order valence-corrected chi connectivity index (χ2v) is 9.62. The number of carbonyl (C=O) groups excluding carboxylic acids is 2. The molecule has 1 aliphatic rings. The van der Waals surface area contributed by atoms with Gasteiger partial charge >= 0.3 is 0 Å². The van der Waals surface area contributed by atoms with Crippen LogP contribution in [-0.2, 0) is 24.2 Å². The molecule has 0 aromatic heterocycles. The second kappa shape index (κ2) is 7.20. The lowest BCUT2D eigenvalue weighted by molar-refractivity contribution is -0.129. The van der Waals surface area contributed by atoms with Crippen molar-refractivity contribution in [3.05, 3.63) is 11.8 Å². The van der Waals surface area contributed by atoms with E-state index in [-0.39, 0.29) is 5.70 Å². The summed E-state index contributed by atoms with van der Waals surface area (Å²) in [7, 11) is -3.81. The molecular formula is C15H26N2O6S. The van der Waals surface area contributed by atoms with Crippen LogP contribution in [0.2, 0.25) is 0 Å². The predicted molar refractivity (Wildman–Crippen MR) is 88.6 cm³/mol. The van der Waals surface area contributed by atoms with Gasteiger partial charge in [0.1, 0.15) is 4.75 Å². The van der Waals surface area contributed by atoms with Gasteiger partial charge in [-0.15, -0.1) is 0 Å². The highest BCUT2D eigenvalue weighted by Gasteiger charge is 2.46. The SMILES string of the molecule is CC(C)(O)C(N)=CC(=O)NC(=O)C(C)(C)S(=O)(=O)C1CCOCC1. The van der Waals surface area contributed by atoms with Gasteiger partial charge in [0.05, 0.1) is 10.9 Å². The van der Waals surface area contributed by atoms with Gasteiger partial charge in [0.25, 0.3) is 5.91 Å². The molecule has 1 heterocycles. The summed E-state index contributed by atoms with van der Waals surface area (Å²) in [6.45, 7) is 5.95. The Morgan fingerprint density at radius 1 is 1.21 bits per heavy atom. The van der Waals surface area contributed by atoms with Crippen LogP contribution in [0.1, 0.15) is 40.5 Å². The minimum atomic E-state index is -3.81. The highest BCUT2D eigenvalue weighted by molar-refractivity contribution is 7.94. The molecule has 0 saturated carbocycles. The Labute approximate surface area is 142 Å². The monoisotopic (exact) mass is 362 g/mol. The van der Waals surface area contributed by atoms with Crippen LogP contribution >= 0.6 is 0 Å². The van der Waals surface area contributed by atoms with E-state index < -0.39 is 37.2 Å². The summed E-state index contributed by atoms with van der Waals surface area (Å²) in [6.07, 6.45) is 1.51. The highest BCUT2D eigenvalue weighted by Crippen LogP contribution is 2.27. The van der Waals surface area contributed by atoms with Crippen molar-refractivity contribution < 1.29 is 27.9 Å². The fraction of sp³-hybridized carbons (Fsp3) is 0.733. The van der Waals surface area contributed by atoms with Gasteiger partial charge in [-0.3, -0.25) is 14.9 Å². The summed E-state index contributed by atoms with van der Waals surface area (Å²) in [5.41, 5.74) is 3.98. The van der Waals surface area contributed by atoms with Crippen LogP contribution in [0.3, 0.4) is 0 Å². The molecule has 9 heteroatoms. The largest absolute Gasteiger partial charge is 0.400 e. The number of amides is 2. The number of aliphatic hydroxyl groups is 1. The number of rotatable bonds is 5. The zero-order valence-electron chi connectivity index (χ0n) is 14.5. The van der Waals surface area contributed by atoms with E-state index in [0.29, 0.717) is 26.1 Å². The number of carbonyl (C=O) groups is 2. The molecule has 8 nitrogen and oxygen atoms in total. The predicted octanol–water partition coefficient (Wildman–Crippen LogP) is -0.385. The van der Waals surface area contributed by atoms with Crippen molar-refractivity contribution in [3.8, 4) is 0 Å². The molecule has 1 rings (SSSR count). The lowest BCUT2D eigenvalue weighted by Gasteiger charge is -2.30. The van der Waals surface area contributed by atoms with E-state index >= 15 is 0 Å². The quantitative estimate of drug-likeness (QED) is 0.567. The third-order valence-corrected chi connectivity index (χ3v) is 7.05. The Bertz CT molecular complexity index is 625. The van der Waals surface area contributed by atoms with Gasteiger partial charge in [0.2, 0.25) is 5.91 Å². The first kappa shape index (κ1) is 20.6. The van der Waals surface area contributed by atoms with E-state index in [2.05, 4.69) is 0 Å². The van der Waals surface area contributed by atoms with Gasteiger partial charge in [0.15, 0.2) is 9.84 Å². The standard InChI is InChI=1S/C15H26N2O6S/c1-14(2,20)11(16)9-12(18)17-13(19)15(3,4)24(21,22)10-5-7-23-8-6-10/h9-10,20H,5-8,16H2,1-4H3,(H,17,18,19). The number of hydrogen-bond donors (Lipinski definition) is 3. The molecule has 1 fully saturated rings.